The molecule has 57 heavy (non-hydrogen) atoms. The Kier molecular flexibility index (Phi) is 29.7. The number of ether oxygens (including phenoxy) is 2. The highest BCUT2D eigenvalue weighted by Crippen LogP contribution is 2.43. The van der Waals surface area contributed by atoms with Crippen molar-refractivity contribution in [2.24, 2.45) is 11.8 Å². The fourth-order valence-corrected chi connectivity index (χ4v) is 7.50. The number of hydrogen-bond donors (Lipinski definition) is 3. The highest BCUT2D eigenvalue weighted by atomic mass is 31.2. The van der Waals surface area contributed by atoms with E-state index in [1.807, 2.05) is 33.3 Å². The summed E-state index contributed by atoms with van der Waals surface area (Å²) in [5.41, 5.74) is 0. The van der Waals surface area contributed by atoms with Gasteiger partial charge in [-0.3, -0.25) is 23.4 Å². The fraction of sp³-hybridized carbons (Fsp3) is 0.841. The van der Waals surface area contributed by atoms with Crippen LogP contribution in [0.25, 0.3) is 0 Å². The number of carbonyl (C=O) groups excluding carboxylic acids is 3. The van der Waals surface area contributed by atoms with Gasteiger partial charge in [-0.25, -0.2) is 4.57 Å². The molecule has 3 N–H and O–H groups in total. The lowest BCUT2D eigenvalue weighted by molar-refractivity contribution is -0.870. The Morgan fingerprint density at radius 2 is 1.39 bits per heavy atom. The number of rotatable bonds is 36. The maximum atomic E-state index is 12.8. The van der Waals surface area contributed by atoms with Gasteiger partial charge in [0.2, 0.25) is 0 Å². The summed E-state index contributed by atoms with van der Waals surface area (Å²) in [6, 6.07) is 0. The normalized spacial score (nSPS) is 19.6. The zero-order valence-electron chi connectivity index (χ0n) is 36.3. The van der Waals surface area contributed by atoms with E-state index in [4.69, 9.17) is 18.5 Å². The van der Waals surface area contributed by atoms with E-state index in [9.17, 15) is 34.1 Å². The summed E-state index contributed by atoms with van der Waals surface area (Å²) in [5, 5.41) is 20.7. The quantitative estimate of drug-likeness (QED) is 0.0181. The summed E-state index contributed by atoms with van der Waals surface area (Å²) in [7, 11) is 1.31. The molecular weight excluding hydrogens is 749 g/mol. The lowest BCUT2D eigenvalue weighted by atomic mass is 9.90. The van der Waals surface area contributed by atoms with Gasteiger partial charge in [0.15, 0.2) is 6.10 Å². The first-order chi connectivity index (χ1) is 27.2. The van der Waals surface area contributed by atoms with Crippen LogP contribution in [0.2, 0.25) is 0 Å². The maximum absolute atomic E-state index is 12.8. The molecule has 13 heteroatoms. The molecule has 1 aliphatic carbocycles. The first-order valence-electron chi connectivity index (χ1n) is 22.2. The van der Waals surface area contributed by atoms with E-state index in [1.54, 1.807) is 12.2 Å². The van der Waals surface area contributed by atoms with Crippen molar-refractivity contribution in [3.63, 3.8) is 0 Å². The Hall–Kier alpha value is -1.92. The lowest BCUT2D eigenvalue weighted by Gasteiger charge is -2.24. The smallest absolute Gasteiger partial charge is 0.462 e. The van der Waals surface area contributed by atoms with Crippen molar-refractivity contribution in [3.8, 4) is 0 Å². The van der Waals surface area contributed by atoms with E-state index < -0.39 is 44.7 Å². The van der Waals surface area contributed by atoms with Crippen molar-refractivity contribution in [2.45, 2.75) is 180 Å². The summed E-state index contributed by atoms with van der Waals surface area (Å²) >= 11 is 0. The van der Waals surface area contributed by atoms with Gasteiger partial charge in [0.25, 0.3) is 0 Å². The molecule has 0 spiro atoms. The average Bonchev–Trinajstić information content (AvgIpc) is 3.41. The summed E-state index contributed by atoms with van der Waals surface area (Å²) in [5.74, 6) is -1.72. The number of Topliss-reactive ketones (excluding diaryl/α,β-unsaturated/α-hetero) is 1. The Morgan fingerprint density at radius 1 is 0.807 bits per heavy atom. The second kappa shape index (κ2) is 31.9. The third-order valence-electron chi connectivity index (χ3n) is 10.4. The third-order valence-corrected chi connectivity index (χ3v) is 11.3. The van der Waals surface area contributed by atoms with Crippen molar-refractivity contribution >= 4 is 25.5 Å². The molecule has 332 valence electrons. The number of aliphatic hydroxyl groups excluding tert-OH is 2. The molecule has 0 aromatic carbocycles. The van der Waals surface area contributed by atoms with E-state index in [1.165, 1.54) is 57.8 Å². The number of unbranched alkanes of at least 4 members (excludes halogenated alkanes) is 15. The monoisotopic (exact) mass is 831 g/mol. The highest BCUT2D eigenvalue weighted by molar-refractivity contribution is 7.47. The van der Waals surface area contributed by atoms with Gasteiger partial charge in [0.05, 0.1) is 40.0 Å². The van der Waals surface area contributed by atoms with Gasteiger partial charge in [-0.1, -0.05) is 134 Å². The molecule has 1 fully saturated rings. The molecule has 1 rings (SSSR count). The molecule has 1 saturated carbocycles. The van der Waals surface area contributed by atoms with E-state index in [0.29, 0.717) is 43.1 Å². The number of ketones is 1. The number of likely N-dealkylation sites (N-methyl/N-ethyl adjacent to an activating group) is 1. The number of allylic oxidation sites excluding steroid dienone is 2. The van der Waals surface area contributed by atoms with Crippen LogP contribution >= 0.6 is 7.82 Å². The second-order valence-electron chi connectivity index (χ2n) is 16.9. The molecule has 0 aliphatic heterocycles. The largest absolute Gasteiger partial charge is 0.472 e. The van der Waals surface area contributed by atoms with Crippen molar-refractivity contribution in [3.05, 3.63) is 24.3 Å². The minimum atomic E-state index is -4.45. The number of carbonyl (C=O) groups is 3. The number of quaternary nitrogens is 1. The molecule has 0 aromatic rings. The Balaban J connectivity index is 2.53. The van der Waals surface area contributed by atoms with Gasteiger partial charge in [-0.2, -0.15) is 0 Å². The molecule has 1 unspecified atom stereocenters. The van der Waals surface area contributed by atoms with Crippen molar-refractivity contribution in [1.29, 1.82) is 0 Å². The average molecular weight is 831 g/mol. The summed E-state index contributed by atoms with van der Waals surface area (Å²) < 4.78 is 34.2. The first kappa shape index (κ1) is 53.1. The minimum Gasteiger partial charge on any atom is -0.462 e. The zero-order valence-corrected chi connectivity index (χ0v) is 37.2. The Labute approximate surface area is 345 Å². The summed E-state index contributed by atoms with van der Waals surface area (Å²) in [6.45, 7) is 4.00. The van der Waals surface area contributed by atoms with Crippen LogP contribution in [0.1, 0.15) is 162 Å². The Morgan fingerprint density at radius 3 is 2.00 bits per heavy atom. The molecule has 0 radical (unpaired) electrons. The van der Waals surface area contributed by atoms with E-state index in [2.05, 4.69) is 13.8 Å². The van der Waals surface area contributed by atoms with Crippen LogP contribution in [0.15, 0.2) is 24.3 Å². The van der Waals surface area contributed by atoms with Crippen LogP contribution in [-0.4, -0.2) is 103 Å². The SMILES string of the molecule is CCCCCCCCCCCCCCCC(=O)OC[C@H](COP(=O)(O)OCC[N+](C)(C)C)OC(=O)CCC/C=C\C[C@H]1C(=O)C[C@@H](O)[C@@H]1/C=C/[C@@H](O)CCCCC. The van der Waals surface area contributed by atoms with Crippen LogP contribution in [-0.2, 0) is 37.5 Å². The first-order valence-corrected chi connectivity index (χ1v) is 23.7. The van der Waals surface area contributed by atoms with Gasteiger partial charge in [-0.15, -0.1) is 0 Å². The second-order valence-corrected chi connectivity index (χ2v) is 18.3. The van der Waals surface area contributed by atoms with Gasteiger partial charge >= 0.3 is 19.8 Å². The van der Waals surface area contributed by atoms with E-state index in [-0.39, 0.29) is 50.1 Å². The van der Waals surface area contributed by atoms with Crippen LogP contribution < -0.4 is 0 Å². The maximum Gasteiger partial charge on any atom is 0.472 e. The van der Waals surface area contributed by atoms with Gasteiger partial charge < -0.3 is 29.1 Å². The number of hydrogen-bond acceptors (Lipinski definition) is 10. The molecule has 0 heterocycles. The van der Waals surface area contributed by atoms with E-state index >= 15 is 0 Å². The van der Waals surface area contributed by atoms with Crippen molar-refractivity contribution in [2.75, 3.05) is 47.5 Å². The Bertz CT molecular complexity index is 1190. The number of aliphatic hydroxyl groups is 2. The summed E-state index contributed by atoms with van der Waals surface area (Å²) in [6.07, 6.45) is 25.9. The van der Waals surface area contributed by atoms with Crippen molar-refractivity contribution < 1.29 is 57.1 Å². The molecule has 6 atom stereocenters. The third kappa shape index (κ3) is 29.0. The highest BCUT2D eigenvalue weighted by Gasteiger charge is 2.39. The lowest BCUT2D eigenvalue weighted by Crippen LogP contribution is -2.37. The number of phosphoric acid groups is 1. The number of esters is 2. The number of phosphoric ester groups is 1. The van der Waals surface area contributed by atoms with Crippen molar-refractivity contribution in [1.82, 2.24) is 0 Å². The predicted octanol–water partition coefficient (Wildman–Crippen LogP) is 8.94. The molecule has 0 aromatic heterocycles. The van der Waals surface area contributed by atoms with Crippen LogP contribution in [0.5, 0.6) is 0 Å². The number of nitrogens with zero attached hydrogens (tertiary/aromatic N) is 1. The van der Waals surface area contributed by atoms with Crippen LogP contribution in [0, 0.1) is 11.8 Å². The zero-order chi connectivity index (χ0) is 42.4. The molecule has 0 amide bonds. The molecule has 0 saturated heterocycles. The fourth-order valence-electron chi connectivity index (χ4n) is 6.76. The van der Waals surface area contributed by atoms with Crippen LogP contribution in [0.4, 0.5) is 0 Å². The molecule has 12 nitrogen and oxygen atoms in total. The molecular formula is C44H81NO11P+. The topological polar surface area (TPSA) is 166 Å². The standard InChI is InChI=1S/C44H80NO11P/c1-6-8-10-11-12-13-14-15-16-17-18-19-24-28-43(49)53-35-38(36-55-57(51,52)54-33-32-45(3,4)5)56-44(50)29-25-21-20-23-27-39-40(42(48)34-41(39)47)31-30-37(46)26-22-9-7-2/h20,23,30-31,37-40,42,46,48H,6-19,21-22,24-29,32-36H2,1-5H3/p+1/b23-20-,31-30+/t37-,38+,39+,40+,42+/m0/s1. The van der Waals surface area contributed by atoms with Gasteiger partial charge in [0.1, 0.15) is 25.5 Å². The van der Waals surface area contributed by atoms with Gasteiger partial charge in [-0.05, 0) is 32.1 Å². The molecule has 1 aliphatic rings. The van der Waals surface area contributed by atoms with Crippen LogP contribution in [0.3, 0.4) is 0 Å². The van der Waals surface area contributed by atoms with Gasteiger partial charge in [0, 0.05) is 31.1 Å². The molecule has 0 bridgehead atoms. The minimum absolute atomic E-state index is 0.00430. The predicted molar refractivity (Wildman–Crippen MR) is 225 cm³/mol. The van der Waals surface area contributed by atoms with E-state index in [0.717, 1.165) is 38.5 Å². The summed E-state index contributed by atoms with van der Waals surface area (Å²) in [4.78, 5) is 48.1.